The zero-order valence-electron chi connectivity index (χ0n) is 11.4. The fraction of sp³-hybridized carbons (Fsp3) is 0.846. The van der Waals surface area contributed by atoms with E-state index in [0.29, 0.717) is 19.1 Å². The number of β-amino-alcohol motifs (C(OH)–C–C–N with tert-alkyl or cyclic N) is 1. The molecule has 0 saturated carbocycles. The van der Waals surface area contributed by atoms with E-state index in [9.17, 15) is 14.7 Å². The third-order valence-electron chi connectivity index (χ3n) is 4.67. The van der Waals surface area contributed by atoms with Gasteiger partial charge < -0.3 is 20.0 Å². The Labute approximate surface area is 117 Å². The molecule has 3 atom stereocenters. The molecule has 2 amide bonds. The van der Waals surface area contributed by atoms with E-state index in [1.54, 1.807) is 4.90 Å². The van der Waals surface area contributed by atoms with Gasteiger partial charge in [-0.3, -0.25) is 4.90 Å². The summed E-state index contributed by atoms with van der Waals surface area (Å²) in [7, 11) is 0. The first-order chi connectivity index (χ1) is 9.56. The largest absolute Gasteiger partial charge is 0.480 e. The molecule has 3 fully saturated rings. The Bertz CT molecular complexity index is 416. The van der Waals surface area contributed by atoms with E-state index in [4.69, 9.17) is 5.11 Å². The molecule has 0 spiro atoms. The number of hydrogen-bond acceptors (Lipinski definition) is 4. The summed E-state index contributed by atoms with van der Waals surface area (Å²) in [5.41, 5.74) is 0. The number of urea groups is 1. The number of carboxylic acid groups (broad SMARTS) is 1. The number of aliphatic hydroxyl groups excluding tert-OH is 1. The van der Waals surface area contributed by atoms with Crippen molar-refractivity contribution in [2.24, 2.45) is 0 Å². The summed E-state index contributed by atoms with van der Waals surface area (Å²) in [5, 5.41) is 18.8. The summed E-state index contributed by atoms with van der Waals surface area (Å²) in [6, 6.07) is -0.705. The van der Waals surface area contributed by atoms with E-state index in [1.165, 1.54) is 11.3 Å². The predicted octanol–water partition coefficient (Wildman–Crippen LogP) is -0.594. The number of piperazine rings is 1. The second-order valence-corrected chi connectivity index (χ2v) is 5.96. The van der Waals surface area contributed by atoms with Gasteiger partial charge >= 0.3 is 12.0 Å². The van der Waals surface area contributed by atoms with Crippen molar-refractivity contribution in [1.82, 2.24) is 14.7 Å². The van der Waals surface area contributed by atoms with E-state index in [-0.39, 0.29) is 19.0 Å². The van der Waals surface area contributed by atoms with Gasteiger partial charge in [-0.2, -0.15) is 0 Å². The molecule has 2 N–H and O–H groups in total. The van der Waals surface area contributed by atoms with Gasteiger partial charge in [-0.25, -0.2) is 9.59 Å². The first-order valence-electron chi connectivity index (χ1n) is 7.26. The lowest BCUT2D eigenvalue weighted by Crippen LogP contribution is -2.56. The van der Waals surface area contributed by atoms with Crippen molar-refractivity contribution >= 4 is 12.0 Å². The third-order valence-corrected chi connectivity index (χ3v) is 4.67. The van der Waals surface area contributed by atoms with Gasteiger partial charge in [-0.1, -0.05) is 0 Å². The number of amides is 2. The maximum atomic E-state index is 12.5. The minimum Gasteiger partial charge on any atom is -0.480 e. The number of aliphatic hydroxyl groups is 1. The van der Waals surface area contributed by atoms with Gasteiger partial charge in [0.15, 0.2) is 0 Å². The van der Waals surface area contributed by atoms with Gasteiger partial charge in [-0.15, -0.1) is 0 Å². The van der Waals surface area contributed by atoms with Crippen molar-refractivity contribution in [3.63, 3.8) is 0 Å². The lowest BCUT2D eigenvalue weighted by atomic mass is 10.1. The molecule has 0 aromatic carbocycles. The molecule has 3 aliphatic heterocycles. The molecule has 3 heterocycles. The summed E-state index contributed by atoms with van der Waals surface area (Å²) >= 11 is 0. The van der Waals surface area contributed by atoms with Crippen LogP contribution in [0.15, 0.2) is 0 Å². The second kappa shape index (κ2) is 5.21. The molecule has 112 valence electrons. The highest BCUT2D eigenvalue weighted by Gasteiger charge is 2.42. The van der Waals surface area contributed by atoms with Crippen LogP contribution in [-0.4, -0.2) is 87.8 Å². The van der Waals surface area contributed by atoms with Gasteiger partial charge in [0.05, 0.1) is 6.10 Å². The highest BCUT2D eigenvalue weighted by molar-refractivity contribution is 5.83. The average Bonchev–Trinajstić information content (AvgIpc) is 3.02. The Morgan fingerprint density at radius 1 is 1.10 bits per heavy atom. The fourth-order valence-electron chi connectivity index (χ4n) is 3.61. The lowest BCUT2D eigenvalue weighted by molar-refractivity contribution is -0.141. The van der Waals surface area contributed by atoms with Crippen molar-refractivity contribution in [2.45, 2.75) is 37.5 Å². The zero-order valence-corrected chi connectivity index (χ0v) is 11.4. The van der Waals surface area contributed by atoms with E-state index in [1.807, 2.05) is 0 Å². The molecule has 20 heavy (non-hydrogen) atoms. The molecule has 3 saturated heterocycles. The quantitative estimate of drug-likeness (QED) is 0.672. The predicted molar refractivity (Wildman–Crippen MR) is 70.3 cm³/mol. The topological polar surface area (TPSA) is 84.3 Å². The van der Waals surface area contributed by atoms with Crippen molar-refractivity contribution in [2.75, 3.05) is 32.7 Å². The number of rotatable bonds is 1. The van der Waals surface area contributed by atoms with Crippen LogP contribution in [-0.2, 0) is 4.79 Å². The van der Waals surface area contributed by atoms with Crippen molar-refractivity contribution in [1.29, 1.82) is 0 Å². The van der Waals surface area contributed by atoms with Crippen LogP contribution in [0.1, 0.15) is 19.3 Å². The molecule has 0 aromatic rings. The smallest absolute Gasteiger partial charge is 0.326 e. The van der Waals surface area contributed by atoms with Crippen molar-refractivity contribution in [3.05, 3.63) is 0 Å². The number of aliphatic carboxylic acids is 1. The Morgan fingerprint density at radius 3 is 2.65 bits per heavy atom. The van der Waals surface area contributed by atoms with Crippen LogP contribution < -0.4 is 0 Å². The number of likely N-dealkylation sites (tertiary alicyclic amines) is 1. The van der Waals surface area contributed by atoms with Crippen LogP contribution in [0.4, 0.5) is 4.79 Å². The van der Waals surface area contributed by atoms with Gasteiger partial charge in [0, 0.05) is 38.6 Å². The zero-order chi connectivity index (χ0) is 14.3. The fourth-order valence-corrected chi connectivity index (χ4v) is 3.61. The summed E-state index contributed by atoms with van der Waals surface area (Å²) in [6.07, 6.45) is 1.68. The number of fused-ring (bicyclic) bond motifs is 1. The Hall–Kier alpha value is -1.34. The van der Waals surface area contributed by atoms with E-state index < -0.39 is 18.1 Å². The van der Waals surface area contributed by atoms with Gasteiger partial charge in [0.25, 0.3) is 0 Å². The Kier molecular flexibility index (Phi) is 3.55. The standard InChI is InChI=1S/C13H21N3O4/c17-10-6-11(12(18)19)16(8-10)13(20)15-5-4-14-3-1-2-9(14)7-15/h9-11,17H,1-8H2,(H,18,19). The Balaban J connectivity index is 1.67. The van der Waals surface area contributed by atoms with Gasteiger partial charge in [0.2, 0.25) is 0 Å². The number of nitrogens with zero attached hydrogens (tertiary/aromatic N) is 3. The monoisotopic (exact) mass is 283 g/mol. The van der Waals surface area contributed by atoms with Crippen molar-refractivity contribution in [3.8, 4) is 0 Å². The second-order valence-electron chi connectivity index (χ2n) is 5.96. The van der Waals surface area contributed by atoms with Crippen LogP contribution in [0, 0.1) is 0 Å². The molecule has 0 aliphatic carbocycles. The van der Waals surface area contributed by atoms with Gasteiger partial charge in [0.1, 0.15) is 6.04 Å². The third kappa shape index (κ3) is 2.35. The molecule has 7 heteroatoms. The normalized spacial score (nSPS) is 34.4. The number of carboxylic acids is 1. The molecule has 7 nitrogen and oxygen atoms in total. The van der Waals surface area contributed by atoms with Crippen LogP contribution in [0.5, 0.6) is 0 Å². The van der Waals surface area contributed by atoms with Gasteiger partial charge in [-0.05, 0) is 19.4 Å². The summed E-state index contributed by atoms with van der Waals surface area (Å²) in [6.45, 7) is 3.42. The molecule has 3 unspecified atom stereocenters. The average molecular weight is 283 g/mol. The number of hydrogen-bond donors (Lipinski definition) is 2. The first-order valence-corrected chi connectivity index (χ1v) is 7.26. The molecule has 0 radical (unpaired) electrons. The maximum absolute atomic E-state index is 12.5. The molecular formula is C13H21N3O4. The van der Waals surface area contributed by atoms with Crippen LogP contribution in [0.2, 0.25) is 0 Å². The van der Waals surface area contributed by atoms with E-state index in [2.05, 4.69) is 4.90 Å². The molecule has 3 aliphatic rings. The lowest BCUT2D eigenvalue weighted by Gasteiger charge is -2.39. The molecular weight excluding hydrogens is 262 g/mol. The van der Waals surface area contributed by atoms with E-state index >= 15 is 0 Å². The maximum Gasteiger partial charge on any atom is 0.326 e. The minimum absolute atomic E-state index is 0.126. The SMILES string of the molecule is O=C(O)C1CC(O)CN1C(=O)N1CCN2CCCC2C1. The van der Waals surface area contributed by atoms with Crippen LogP contribution in [0.3, 0.4) is 0 Å². The number of carbonyl (C=O) groups is 2. The summed E-state index contributed by atoms with van der Waals surface area (Å²) in [4.78, 5) is 29.2. The van der Waals surface area contributed by atoms with Crippen LogP contribution in [0.25, 0.3) is 0 Å². The molecule has 0 aromatic heterocycles. The summed E-state index contributed by atoms with van der Waals surface area (Å²) in [5.74, 6) is -1.03. The highest BCUT2D eigenvalue weighted by atomic mass is 16.4. The minimum atomic E-state index is -1.03. The first kappa shape index (κ1) is 13.6. The number of carbonyl (C=O) groups excluding carboxylic acids is 1. The highest BCUT2D eigenvalue weighted by Crippen LogP contribution is 2.25. The molecule has 3 rings (SSSR count). The van der Waals surface area contributed by atoms with Crippen LogP contribution >= 0.6 is 0 Å². The van der Waals surface area contributed by atoms with Crippen molar-refractivity contribution < 1.29 is 19.8 Å². The molecule has 0 bridgehead atoms. The van der Waals surface area contributed by atoms with E-state index in [0.717, 1.165) is 19.5 Å². The Morgan fingerprint density at radius 2 is 1.90 bits per heavy atom. The summed E-state index contributed by atoms with van der Waals surface area (Å²) < 4.78 is 0.